The molecule has 1 aromatic heterocycles. The summed E-state index contributed by atoms with van der Waals surface area (Å²) >= 11 is 0. The fourth-order valence-electron chi connectivity index (χ4n) is 2.90. The molecule has 0 aliphatic heterocycles. The normalized spacial score (nSPS) is 13.2. The molecule has 0 radical (unpaired) electrons. The third-order valence-corrected chi connectivity index (χ3v) is 4.90. The lowest BCUT2D eigenvalue weighted by Gasteiger charge is -2.25. The van der Waals surface area contributed by atoms with Crippen LogP contribution in [0.1, 0.15) is 24.0 Å². The van der Waals surface area contributed by atoms with Gasteiger partial charge in [-0.05, 0) is 63.2 Å². The number of pyridine rings is 1. The summed E-state index contributed by atoms with van der Waals surface area (Å²) in [6.45, 7) is 3.76. The van der Waals surface area contributed by atoms with E-state index >= 15 is 0 Å². The van der Waals surface area contributed by atoms with E-state index in [1.165, 1.54) is 0 Å². The molecule has 1 fully saturated rings. The van der Waals surface area contributed by atoms with Gasteiger partial charge in [-0.25, -0.2) is 4.79 Å². The number of nitrogens with one attached hydrogen (secondary N) is 2. The summed E-state index contributed by atoms with van der Waals surface area (Å²) in [5, 5.41) is 5.94. The second-order valence-electron chi connectivity index (χ2n) is 7.81. The minimum Gasteiger partial charge on any atom is -0.326 e. The molecule has 7 heteroatoms. The molecule has 1 heterocycles. The first kappa shape index (κ1) is 20.8. The number of nitrogens with zero attached hydrogens (tertiary/aromatic N) is 3. The van der Waals surface area contributed by atoms with Crippen molar-refractivity contribution in [1.82, 2.24) is 14.8 Å². The molecule has 1 saturated carbocycles. The molecule has 2 aromatic rings. The second kappa shape index (κ2) is 9.52. The van der Waals surface area contributed by atoms with E-state index in [0.717, 1.165) is 30.5 Å². The summed E-state index contributed by atoms with van der Waals surface area (Å²) in [5.74, 6) is 0.186. The summed E-state index contributed by atoms with van der Waals surface area (Å²) in [6.07, 6.45) is 5.40. The Bertz CT molecular complexity index is 850. The number of amides is 3. The van der Waals surface area contributed by atoms with Crippen molar-refractivity contribution in [2.45, 2.75) is 26.3 Å². The molecule has 154 valence electrons. The van der Waals surface area contributed by atoms with E-state index in [2.05, 4.69) is 15.6 Å². The average Bonchev–Trinajstić information content (AvgIpc) is 3.53. The fourth-order valence-corrected chi connectivity index (χ4v) is 2.90. The Morgan fingerprint density at radius 3 is 2.59 bits per heavy atom. The minimum absolute atomic E-state index is 0.0512. The van der Waals surface area contributed by atoms with Gasteiger partial charge in [0.2, 0.25) is 5.91 Å². The molecule has 7 nitrogen and oxygen atoms in total. The van der Waals surface area contributed by atoms with Gasteiger partial charge in [-0.3, -0.25) is 9.78 Å². The summed E-state index contributed by atoms with van der Waals surface area (Å²) in [5.41, 5.74) is 3.32. The highest BCUT2D eigenvalue weighted by atomic mass is 16.2. The van der Waals surface area contributed by atoms with E-state index in [1.807, 2.05) is 56.3 Å². The molecule has 1 aromatic carbocycles. The largest absolute Gasteiger partial charge is 0.326 e. The van der Waals surface area contributed by atoms with Crippen LogP contribution in [0.3, 0.4) is 0 Å². The van der Waals surface area contributed by atoms with Gasteiger partial charge in [0.05, 0.1) is 0 Å². The number of benzene rings is 1. The second-order valence-corrected chi connectivity index (χ2v) is 7.81. The van der Waals surface area contributed by atoms with E-state index in [0.29, 0.717) is 24.5 Å². The summed E-state index contributed by atoms with van der Waals surface area (Å²) in [4.78, 5) is 33.0. The van der Waals surface area contributed by atoms with Crippen molar-refractivity contribution in [3.8, 4) is 0 Å². The molecular formula is C22H29N5O2. The SMILES string of the molecule is Cc1ccc(NC(=O)C2CC2)cc1NC(=O)N(CCN(C)C)Cc1cccnc1. The van der Waals surface area contributed by atoms with Crippen LogP contribution in [0.2, 0.25) is 0 Å². The lowest BCUT2D eigenvalue weighted by Crippen LogP contribution is -2.39. The Hall–Kier alpha value is -2.93. The topological polar surface area (TPSA) is 77.6 Å². The first-order valence-electron chi connectivity index (χ1n) is 9.93. The van der Waals surface area contributed by atoms with Crippen molar-refractivity contribution in [3.63, 3.8) is 0 Å². The summed E-state index contributed by atoms with van der Waals surface area (Å²) in [7, 11) is 3.96. The maximum atomic E-state index is 13.0. The highest BCUT2D eigenvalue weighted by molar-refractivity contribution is 5.96. The predicted molar refractivity (Wildman–Crippen MR) is 115 cm³/mol. The summed E-state index contributed by atoms with van der Waals surface area (Å²) < 4.78 is 0. The molecule has 0 atom stereocenters. The van der Waals surface area contributed by atoms with Crippen molar-refractivity contribution in [3.05, 3.63) is 53.9 Å². The maximum Gasteiger partial charge on any atom is 0.322 e. The minimum atomic E-state index is -0.176. The number of aryl methyl sites for hydroxylation is 1. The van der Waals surface area contributed by atoms with E-state index in [4.69, 9.17) is 0 Å². The number of likely N-dealkylation sites (N-methyl/N-ethyl adjacent to an activating group) is 1. The number of carbonyl (C=O) groups is 2. The van der Waals surface area contributed by atoms with Gasteiger partial charge in [0.1, 0.15) is 0 Å². The summed E-state index contributed by atoms with van der Waals surface area (Å²) in [6, 6.07) is 9.25. The molecule has 1 aliphatic carbocycles. The Morgan fingerprint density at radius 1 is 1.14 bits per heavy atom. The number of rotatable bonds is 8. The van der Waals surface area contributed by atoms with Gasteiger partial charge in [-0.2, -0.15) is 0 Å². The van der Waals surface area contributed by atoms with Gasteiger partial charge in [0.15, 0.2) is 0 Å². The number of hydrogen-bond acceptors (Lipinski definition) is 4. The van der Waals surface area contributed by atoms with Crippen LogP contribution < -0.4 is 10.6 Å². The zero-order chi connectivity index (χ0) is 20.8. The molecule has 3 rings (SSSR count). The van der Waals surface area contributed by atoms with Crippen molar-refractivity contribution < 1.29 is 9.59 Å². The van der Waals surface area contributed by atoms with Gasteiger partial charge in [-0.15, -0.1) is 0 Å². The Kier molecular flexibility index (Phi) is 6.82. The first-order chi connectivity index (χ1) is 13.9. The number of aromatic nitrogens is 1. The quantitative estimate of drug-likeness (QED) is 0.719. The zero-order valence-corrected chi connectivity index (χ0v) is 17.3. The van der Waals surface area contributed by atoms with Crippen molar-refractivity contribution in [2.24, 2.45) is 5.92 Å². The number of urea groups is 1. The van der Waals surface area contributed by atoms with E-state index in [1.54, 1.807) is 17.3 Å². The monoisotopic (exact) mass is 395 g/mol. The van der Waals surface area contributed by atoms with Gasteiger partial charge in [-0.1, -0.05) is 12.1 Å². The number of hydrogen-bond donors (Lipinski definition) is 2. The number of anilines is 2. The molecule has 3 amide bonds. The van der Waals surface area contributed by atoms with Crippen molar-refractivity contribution >= 4 is 23.3 Å². The van der Waals surface area contributed by atoms with E-state index in [9.17, 15) is 9.59 Å². The number of carbonyl (C=O) groups excluding carboxylic acids is 2. The van der Waals surface area contributed by atoms with Crippen LogP contribution in [-0.2, 0) is 11.3 Å². The zero-order valence-electron chi connectivity index (χ0n) is 17.3. The molecule has 0 saturated heterocycles. The van der Waals surface area contributed by atoms with Crippen molar-refractivity contribution in [2.75, 3.05) is 37.8 Å². The van der Waals surface area contributed by atoms with Crippen molar-refractivity contribution in [1.29, 1.82) is 0 Å². The molecule has 0 bridgehead atoms. The van der Waals surface area contributed by atoms with E-state index in [-0.39, 0.29) is 17.9 Å². The standard InChI is InChI=1S/C22H29N5O2/c1-16-6-9-19(24-21(28)18-7-8-18)13-20(16)25-22(29)27(12-11-26(2)3)15-17-5-4-10-23-14-17/h4-6,9-10,13-14,18H,7-8,11-12,15H2,1-3H3,(H,24,28)(H,25,29). The Balaban J connectivity index is 1.70. The van der Waals surface area contributed by atoms with Crippen LogP contribution in [0.5, 0.6) is 0 Å². The first-order valence-corrected chi connectivity index (χ1v) is 9.93. The highest BCUT2D eigenvalue weighted by Gasteiger charge is 2.29. The lowest BCUT2D eigenvalue weighted by atomic mass is 10.1. The highest BCUT2D eigenvalue weighted by Crippen LogP contribution is 2.31. The molecule has 1 aliphatic rings. The fraction of sp³-hybridized carbons (Fsp3) is 0.409. The lowest BCUT2D eigenvalue weighted by molar-refractivity contribution is -0.117. The molecule has 2 N–H and O–H groups in total. The average molecular weight is 396 g/mol. The van der Waals surface area contributed by atoms with Gasteiger partial charge >= 0.3 is 6.03 Å². The molecule has 29 heavy (non-hydrogen) atoms. The van der Waals surface area contributed by atoms with Crippen LogP contribution >= 0.6 is 0 Å². The molecule has 0 spiro atoms. The predicted octanol–water partition coefficient (Wildman–Crippen LogP) is 3.33. The van der Waals surface area contributed by atoms with Gasteiger partial charge < -0.3 is 20.4 Å². The van der Waals surface area contributed by atoms with Crippen LogP contribution in [0, 0.1) is 12.8 Å². The molecular weight excluding hydrogens is 366 g/mol. The van der Waals surface area contributed by atoms with Crippen LogP contribution in [0.25, 0.3) is 0 Å². The van der Waals surface area contributed by atoms with Gasteiger partial charge in [0.25, 0.3) is 0 Å². The van der Waals surface area contributed by atoms with E-state index < -0.39 is 0 Å². The molecule has 0 unspecified atom stereocenters. The van der Waals surface area contributed by atoms with Crippen LogP contribution in [0.4, 0.5) is 16.2 Å². The smallest absolute Gasteiger partial charge is 0.322 e. The Labute approximate surface area is 172 Å². The Morgan fingerprint density at radius 2 is 1.93 bits per heavy atom. The third kappa shape index (κ3) is 6.29. The van der Waals surface area contributed by atoms with Crippen LogP contribution in [-0.4, -0.2) is 53.9 Å². The third-order valence-electron chi connectivity index (χ3n) is 4.90. The van der Waals surface area contributed by atoms with Gasteiger partial charge in [0, 0.05) is 49.3 Å². The van der Waals surface area contributed by atoms with Crippen LogP contribution in [0.15, 0.2) is 42.7 Å². The maximum absolute atomic E-state index is 13.0.